The molecule has 0 atom stereocenters. The van der Waals surface area contributed by atoms with E-state index in [1.807, 2.05) is 13.0 Å². The van der Waals surface area contributed by atoms with E-state index in [4.69, 9.17) is 4.74 Å². The van der Waals surface area contributed by atoms with Gasteiger partial charge in [-0.05, 0) is 44.0 Å². The maximum Gasteiger partial charge on any atom is 0.142 e. The summed E-state index contributed by atoms with van der Waals surface area (Å²) in [6, 6.07) is 17.0. The van der Waals surface area contributed by atoms with Crippen molar-refractivity contribution in [1.29, 1.82) is 0 Å². The molecule has 0 saturated carbocycles. The summed E-state index contributed by atoms with van der Waals surface area (Å²) in [7, 11) is 0. The molecule has 0 unspecified atom stereocenters. The molecule has 1 N–H and O–H groups in total. The van der Waals surface area contributed by atoms with E-state index < -0.39 is 0 Å². The first-order valence-corrected chi connectivity index (χ1v) is 8.53. The van der Waals surface area contributed by atoms with Gasteiger partial charge >= 0.3 is 0 Å². The molecule has 0 bridgehead atoms. The average Bonchev–Trinajstić information content (AvgIpc) is 2.59. The second kappa shape index (κ2) is 9.21. The van der Waals surface area contributed by atoms with Gasteiger partial charge in [0.1, 0.15) is 5.75 Å². The highest BCUT2D eigenvalue weighted by Gasteiger charge is 2.10. The van der Waals surface area contributed by atoms with Crippen LogP contribution in [0.1, 0.15) is 31.9 Å². The molecule has 3 heteroatoms. The number of ether oxygens (including phenoxy) is 1. The number of hydrogen-bond acceptors (Lipinski definition) is 3. The third kappa shape index (κ3) is 5.00. The summed E-state index contributed by atoms with van der Waals surface area (Å²) in [4.78, 5) is 2.33. The van der Waals surface area contributed by atoms with Crippen LogP contribution >= 0.6 is 0 Å². The Morgan fingerprint density at radius 2 is 1.57 bits per heavy atom. The van der Waals surface area contributed by atoms with Crippen molar-refractivity contribution in [2.75, 3.05) is 24.6 Å². The van der Waals surface area contributed by atoms with Crippen molar-refractivity contribution in [3.8, 4) is 5.75 Å². The third-order valence-corrected chi connectivity index (χ3v) is 3.93. The highest BCUT2D eigenvalue weighted by molar-refractivity contribution is 5.59. The van der Waals surface area contributed by atoms with Gasteiger partial charge in [-0.1, -0.05) is 36.4 Å². The lowest BCUT2D eigenvalue weighted by molar-refractivity contribution is 0.340. The van der Waals surface area contributed by atoms with Gasteiger partial charge < -0.3 is 15.0 Å². The van der Waals surface area contributed by atoms with Crippen molar-refractivity contribution in [1.82, 2.24) is 5.32 Å². The minimum atomic E-state index is 0.690. The van der Waals surface area contributed by atoms with Gasteiger partial charge in [0.15, 0.2) is 0 Å². The molecule has 2 aromatic rings. The molecule has 0 aliphatic rings. The van der Waals surface area contributed by atoms with E-state index in [0.717, 1.165) is 31.9 Å². The lowest BCUT2D eigenvalue weighted by Gasteiger charge is -2.24. The summed E-state index contributed by atoms with van der Waals surface area (Å²) < 4.78 is 5.86. The highest BCUT2D eigenvalue weighted by Crippen LogP contribution is 2.29. The van der Waals surface area contributed by atoms with Crippen LogP contribution in [0.2, 0.25) is 0 Å². The lowest BCUT2D eigenvalue weighted by Crippen LogP contribution is -2.22. The van der Waals surface area contributed by atoms with Gasteiger partial charge in [-0.3, -0.25) is 0 Å². The summed E-state index contributed by atoms with van der Waals surface area (Å²) in [5.74, 6) is 0.982. The molecule has 0 aromatic heterocycles. The van der Waals surface area contributed by atoms with Crippen molar-refractivity contribution in [3.05, 3.63) is 59.7 Å². The molecule has 0 heterocycles. The summed E-state index contributed by atoms with van der Waals surface area (Å²) >= 11 is 0. The van der Waals surface area contributed by atoms with Crippen LogP contribution in [0.15, 0.2) is 48.5 Å². The Hall–Kier alpha value is -2.00. The third-order valence-electron chi connectivity index (χ3n) is 3.93. The highest BCUT2D eigenvalue weighted by atomic mass is 16.5. The van der Waals surface area contributed by atoms with Crippen molar-refractivity contribution in [2.45, 2.75) is 33.9 Å². The molecule has 0 fully saturated rings. The van der Waals surface area contributed by atoms with Gasteiger partial charge in [0, 0.05) is 26.2 Å². The molecule has 0 aliphatic heterocycles. The van der Waals surface area contributed by atoms with Gasteiger partial charge in [-0.2, -0.15) is 0 Å². The van der Waals surface area contributed by atoms with Crippen LogP contribution in [0.5, 0.6) is 5.75 Å². The summed E-state index contributed by atoms with van der Waals surface area (Å²) in [5.41, 5.74) is 3.74. The summed E-state index contributed by atoms with van der Waals surface area (Å²) in [6.45, 7) is 10.8. The zero-order chi connectivity index (χ0) is 16.5. The van der Waals surface area contributed by atoms with Gasteiger partial charge in [-0.25, -0.2) is 0 Å². The number of hydrogen-bond donors (Lipinski definition) is 1. The quantitative estimate of drug-likeness (QED) is 0.750. The Kier molecular flexibility index (Phi) is 6.95. The van der Waals surface area contributed by atoms with Crippen molar-refractivity contribution < 1.29 is 4.74 Å². The Morgan fingerprint density at radius 1 is 0.870 bits per heavy atom. The Morgan fingerprint density at radius 3 is 2.22 bits per heavy atom. The van der Waals surface area contributed by atoms with Crippen LogP contribution in [0.4, 0.5) is 5.69 Å². The lowest BCUT2D eigenvalue weighted by atomic mass is 10.1. The van der Waals surface area contributed by atoms with E-state index in [1.54, 1.807) is 0 Å². The van der Waals surface area contributed by atoms with E-state index in [1.165, 1.54) is 16.8 Å². The normalized spacial score (nSPS) is 10.6. The Labute approximate surface area is 140 Å². The second-order valence-corrected chi connectivity index (χ2v) is 5.50. The predicted octanol–water partition coefficient (Wildman–Crippen LogP) is 4.22. The molecule has 2 rings (SSSR count). The molecule has 124 valence electrons. The average molecular weight is 312 g/mol. The first-order chi connectivity index (χ1) is 11.3. The number of anilines is 1. The van der Waals surface area contributed by atoms with Crippen LogP contribution in [0, 0.1) is 0 Å². The fourth-order valence-electron chi connectivity index (χ4n) is 2.71. The molecule has 0 aliphatic carbocycles. The monoisotopic (exact) mass is 312 g/mol. The van der Waals surface area contributed by atoms with Crippen LogP contribution in [-0.4, -0.2) is 19.7 Å². The molecule has 0 spiro atoms. The molecular weight excluding hydrogens is 284 g/mol. The molecule has 0 radical (unpaired) electrons. The van der Waals surface area contributed by atoms with Crippen LogP contribution in [-0.2, 0) is 13.1 Å². The van der Waals surface area contributed by atoms with Gasteiger partial charge in [-0.15, -0.1) is 0 Å². The Bertz CT molecular complexity index is 579. The van der Waals surface area contributed by atoms with E-state index in [0.29, 0.717) is 6.61 Å². The largest absolute Gasteiger partial charge is 0.492 e. The second-order valence-electron chi connectivity index (χ2n) is 5.50. The molecular formula is C20H28N2O. The zero-order valence-electron chi connectivity index (χ0n) is 14.5. The molecule has 23 heavy (non-hydrogen) atoms. The SMILES string of the molecule is CCOc1cc(CNCc2ccccc2)ccc1N(CC)CC. The zero-order valence-corrected chi connectivity index (χ0v) is 14.5. The van der Waals surface area contributed by atoms with Crippen molar-refractivity contribution in [3.63, 3.8) is 0 Å². The van der Waals surface area contributed by atoms with Crippen LogP contribution in [0.25, 0.3) is 0 Å². The smallest absolute Gasteiger partial charge is 0.142 e. The first kappa shape index (κ1) is 17.4. The van der Waals surface area contributed by atoms with Gasteiger partial charge in [0.05, 0.1) is 12.3 Å². The van der Waals surface area contributed by atoms with Crippen molar-refractivity contribution in [2.24, 2.45) is 0 Å². The standard InChI is InChI=1S/C20H28N2O/c1-4-22(5-2)19-13-12-18(14-20(19)23-6-3)16-21-15-17-10-8-7-9-11-17/h7-14,21H,4-6,15-16H2,1-3H3. The van der Waals surface area contributed by atoms with Crippen LogP contribution < -0.4 is 15.0 Å². The molecule has 2 aromatic carbocycles. The van der Waals surface area contributed by atoms with E-state index >= 15 is 0 Å². The number of benzene rings is 2. The molecule has 3 nitrogen and oxygen atoms in total. The minimum Gasteiger partial charge on any atom is -0.492 e. The predicted molar refractivity (Wildman–Crippen MR) is 98.2 cm³/mol. The van der Waals surface area contributed by atoms with Gasteiger partial charge in [0.2, 0.25) is 0 Å². The van der Waals surface area contributed by atoms with E-state index in [-0.39, 0.29) is 0 Å². The Balaban J connectivity index is 2.03. The van der Waals surface area contributed by atoms with Gasteiger partial charge in [0.25, 0.3) is 0 Å². The maximum absolute atomic E-state index is 5.86. The summed E-state index contributed by atoms with van der Waals surface area (Å²) in [5, 5.41) is 3.49. The van der Waals surface area contributed by atoms with Crippen LogP contribution in [0.3, 0.4) is 0 Å². The molecule has 0 amide bonds. The number of rotatable bonds is 9. The first-order valence-electron chi connectivity index (χ1n) is 8.53. The maximum atomic E-state index is 5.86. The van der Waals surface area contributed by atoms with E-state index in [9.17, 15) is 0 Å². The fourth-order valence-corrected chi connectivity index (χ4v) is 2.71. The number of nitrogens with one attached hydrogen (secondary N) is 1. The fraction of sp³-hybridized carbons (Fsp3) is 0.400. The van der Waals surface area contributed by atoms with Crippen molar-refractivity contribution >= 4 is 5.69 Å². The number of nitrogens with zero attached hydrogens (tertiary/aromatic N) is 1. The molecule has 0 saturated heterocycles. The minimum absolute atomic E-state index is 0.690. The topological polar surface area (TPSA) is 24.5 Å². The van der Waals surface area contributed by atoms with E-state index in [2.05, 4.69) is 66.5 Å². The summed E-state index contributed by atoms with van der Waals surface area (Å²) in [6.07, 6.45) is 0.